The molecule has 1 aliphatic rings. The van der Waals surface area contributed by atoms with Crippen LogP contribution in [0.25, 0.3) is 11.1 Å². The van der Waals surface area contributed by atoms with Crippen LogP contribution in [0, 0.1) is 5.82 Å². The number of aliphatic hydroxyl groups excluding tert-OH is 2. The molecule has 0 amide bonds. The van der Waals surface area contributed by atoms with Crippen molar-refractivity contribution < 1.29 is 28.9 Å². The molecule has 3 N–H and O–H groups in total. The lowest BCUT2D eigenvalue weighted by Crippen LogP contribution is -2.37. The molecule has 10 heteroatoms. The van der Waals surface area contributed by atoms with E-state index in [0.29, 0.717) is 16.7 Å². The summed E-state index contributed by atoms with van der Waals surface area (Å²) in [5, 5.41) is 20.5. The van der Waals surface area contributed by atoms with Gasteiger partial charge in [-0.2, -0.15) is 0 Å². The summed E-state index contributed by atoms with van der Waals surface area (Å²) in [6.45, 7) is 1.16. The zero-order valence-corrected chi connectivity index (χ0v) is 18.1. The van der Waals surface area contributed by atoms with Gasteiger partial charge in [0.1, 0.15) is 30.7 Å². The van der Waals surface area contributed by atoms with Gasteiger partial charge in [-0.1, -0.05) is 42.5 Å². The Labute approximate surface area is 193 Å². The van der Waals surface area contributed by atoms with Gasteiger partial charge in [0.05, 0.1) is 5.92 Å². The molecule has 1 saturated heterocycles. The number of hydrogen-bond acceptors (Lipinski definition) is 7. The van der Waals surface area contributed by atoms with E-state index in [-0.39, 0.29) is 0 Å². The minimum absolute atomic E-state index is 0.402. The molecule has 5 atom stereocenters. The van der Waals surface area contributed by atoms with Gasteiger partial charge >= 0.3 is 11.7 Å². The van der Waals surface area contributed by atoms with Crippen LogP contribution in [0.3, 0.4) is 0 Å². The Morgan fingerprint density at radius 1 is 1.15 bits per heavy atom. The second kappa shape index (κ2) is 9.72. The summed E-state index contributed by atoms with van der Waals surface area (Å²) >= 11 is 0. The Kier molecular flexibility index (Phi) is 6.73. The van der Waals surface area contributed by atoms with Gasteiger partial charge in [-0.25, -0.2) is 9.18 Å². The molecule has 34 heavy (non-hydrogen) atoms. The van der Waals surface area contributed by atoms with Crippen molar-refractivity contribution in [3.8, 4) is 11.1 Å². The molecule has 2 heterocycles. The molecule has 0 radical (unpaired) electrons. The topological polar surface area (TPSA) is 131 Å². The van der Waals surface area contributed by atoms with E-state index in [1.807, 2.05) is 11.1 Å². The first-order chi connectivity index (χ1) is 16.3. The Morgan fingerprint density at radius 2 is 1.88 bits per heavy atom. The van der Waals surface area contributed by atoms with Crippen LogP contribution in [0.15, 0.2) is 70.4 Å². The van der Waals surface area contributed by atoms with Gasteiger partial charge in [0.2, 0.25) is 0 Å². The van der Waals surface area contributed by atoms with Gasteiger partial charge in [-0.05, 0) is 24.1 Å². The van der Waals surface area contributed by atoms with Crippen LogP contribution >= 0.6 is 0 Å². The van der Waals surface area contributed by atoms with E-state index in [1.165, 1.54) is 6.07 Å². The van der Waals surface area contributed by atoms with E-state index in [9.17, 15) is 29.0 Å². The highest BCUT2D eigenvalue weighted by Crippen LogP contribution is 2.30. The Balaban J connectivity index is 1.41. The first kappa shape index (κ1) is 23.6. The highest BCUT2D eigenvalue weighted by molar-refractivity contribution is 5.78. The van der Waals surface area contributed by atoms with Crippen molar-refractivity contribution in [1.29, 1.82) is 0 Å². The molecular weight excluding hydrogens is 447 g/mol. The van der Waals surface area contributed by atoms with Crippen LogP contribution in [0.2, 0.25) is 0 Å². The molecule has 0 aliphatic carbocycles. The number of aromatic amines is 1. The summed E-state index contributed by atoms with van der Waals surface area (Å²) in [7, 11) is 0. The van der Waals surface area contributed by atoms with Crippen molar-refractivity contribution in [2.24, 2.45) is 0 Å². The Bertz CT molecular complexity index is 1290. The predicted octanol–water partition coefficient (Wildman–Crippen LogP) is 1.31. The Hall–Kier alpha value is -3.60. The molecule has 1 aromatic heterocycles. The van der Waals surface area contributed by atoms with Crippen LogP contribution in [0.5, 0.6) is 0 Å². The van der Waals surface area contributed by atoms with Crippen LogP contribution in [-0.2, 0) is 14.3 Å². The van der Waals surface area contributed by atoms with Crippen molar-refractivity contribution in [3.05, 3.63) is 93.0 Å². The molecule has 1 aliphatic heterocycles. The van der Waals surface area contributed by atoms with Crippen LogP contribution < -0.4 is 11.2 Å². The van der Waals surface area contributed by atoms with E-state index < -0.39 is 60.1 Å². The summed E-state index contributed by atoms with van der Waals surface area (Å²) in [4.78, 5) is 37.8. The standard InChI is InChI=1S/C24H23FN2O7/c1-13(15-7-8-16(17(25)11-15)14-5-3-2-4-6-14)23(31)33-12-18-20(29)21(30)22(34-18)27-10-9-19(28)26-24(27)32/h2-11,13,18,20-22,29-30H,12H2,1H3,(H,26,28,32)/t13?,18-,20-,21-,22-/m1/s1. The number of carbonyl (C=O) groups is 1. The minimum Gasteiger partial charge on any atom is -0.462 e. The van der Waals surface area contributed by atoms with Crippen LogP contribution in [-0.4, -0.2) is 50.7 Å². The highest BCUT2D eigenvalue weighted by atomic mass is 19.1. The lowest BCUT2D eigenvalue weighted by molar-refractivity contribution is -0.151. The second-order valence-corrected chi connectivity index (χ2v) is 8.02. The number of H-pyrrole nitrogens is 1. The third-order valence-corrected chi connectivity index (χ3v) is 5.78. The van der Waals surface area contributed by atoms with E-state index in [2.05, 4.69) is 0 Å². The third-order valence-electron chi connectivity index (χ3n) is 5.78. The number of esters is 1. The second-order valence-electron chi connectivity index (χ2n) is 8.02. The summed E-state index contributed by atoms with van der Waals surface area (Å²) in [5.41, 5.74) is 0.0829. The first-order valence-corrected chi connectivity index (χ1v) is 10.6. The number of nitrogens with one attached hydrogen (secondary N) is 1. The lowest BCUT2D eigenvalue weighted by Gasteiger charge is -2.18. The maximum absolute atomic E-state index is 14.7. The van der Waals surface area contributed by atoms with E-state index in [4.69, 9.17) is 9.47 Å². The summed E-state index contributed by atoms with van der Waals surface area (Å²) < 4.78 is 26.4. The molecule has 2 aromatic carbocycles. The molecule has 9 nitrogen and oxygen atoms in total. The Morgan fingerprint density at radius 3 is 2.56 bits per heavy atom. The largest absolute Gasteiger partial charge is 0.462 e. The smallest absolute Gasteiger partial charge is 0.330 e. The quantitative estimate of drug-likeness (QED) is 0.463. The maximum Gasteiger partial charge on any atom is 0.330 e. The monoisotopic (exact) mass is 470 g/mol. The zero-order valence-electron chi connectivity index (χ0n) is 18.1. The number of nitrogens with zero attached hydrogens (tertiary/aromatic N) is 1. The molecule has 0 bridgehead atoms. The van der Waals surface area contributed by atoms with E-state index in [1.54, 1.807) is 43.3 Å². The zero-order chi connectivity index (χ0) is 24.4. The summed E-state index contributed by atoms with van der Waals surface area (Å²) in [5.74, 6) is -1.96. The molecule has 3 aromatic rings. The average Bonchev–Trinajstić information content (AvgIpc) is 3.11. The fourth-order valence-corrected chi connectivity index (χ4v) is 3.80. The fraction of sp³-hybridized carbons (Fsp3) is 0.292. The van der Waals surface area contributed by atoms with Crippen molar-refractivity contribution in [1.82, 2.24) is 9.55 Å². The van der Waals surface area contributed by atoms with Gasteiger partial charge in [-0.15, -0.1) is 0 Å². The summed E-state index contributed by atoms with van der Waals surface area (Å²) in [6, 6.07) is 14.6. The fourth-order valence-electron chi connectivity index (χ4n) is 3.80. The third kappa shape index (κ3) is 4.69. The maximum atomic E-state index is 14.7. The van der Waals surface area contributed by atoms with Crippen LogP contribution in [0.1, 0.15) is 24.6 Å². The van der Waals surface area contributed by atoms with Crippen molar-refractivity contribution in [2.45, 2.75) is 37.4 Å². The van der Waals surface area contributed by atoms with E-state index in [0.717, 1.165) is 16.8 Å². The minimum atomic E-state index is -1.50. The molecule has 0 saturated carbocycles. The molecular formula is C24H23FN2O7. The lowest BCUT2D eigenvalue weighted by atomic mass is 9.97. The predicted molar refractivity (Wildman–Crippen MR) is 118 cm³/mol. The number of hydrogen-bond donors (Lipinski definition) is 3. The normalized spacial score (nSPS) is 22.9. The number of ether oxygens (including phenoxy) is 2. The first-order valence-electron chi connectivity index (χ1n) is 10.6. The average molecular weight is 470 g/mol. The molecule has 0 spiro atoms. The van der Waals surface area contributed by atoms with Gasteiger partial charge in [-0.3, -0.25) is 19.1 Å². The molecule has 4 rings (SSSR count). The number of benzene rings is 2. The molecule has 1 unspecified atom stereocenters. The van der Waals surface area contributed by atoms with Crippen molar-refractivity contribution >= 4 is 5.97 Å². The van der Waals surface area contributed by atoms with E-state index >= 15 is 0 Å². The van der Waals surface area contributed by atoms with Crippen molar-refractivity contribution in [3.63, 3.8) is 0 Å². The van der Waals surface area contributed by atoms with Gasteiger partial charge in [0.25, 0.3) is 5.56 Å². The SMILES string of the molecule is CC(C(=O)OC[C@H]1O[C@@H](n2ccc(=O)[nH]c2=O)[C@H](O)[C@@H]1O)c1ccc(-c2ccccc2)c(F)c1. The van der Waals surface area contributed by atoms with Gasteiger partial charge < -0.3 is 19.7 Å². The van der Waals surface area contributed by atoms with Crippen LogP contribution in [0.4, 0.5) is 4.39 Å². The number of rotatable bonds is 6. The van der Waals surface area contributed by atoms with Gasteiger partial charge in [0, 0.05) is 17.8 Å². The summed E-state index contributed by atoms with van der Waals surface area (Å²) in [6.07, 6.45) is -4.21. The van der Waals surface area contributed by atoms with Crippen molar-refractivity contribution in [2.75, 3.05) is 6.61 Å². The highest BCUT2D eigenvalue weighted by Gasteiger charge is 2.44. The molecule has 178 valence electrons. The number of aliphatic hydroxyl groups is 2. The molecule has 1 fully saturated rings. The van der Waals surface area contributed by atoms with Gasteiger partial charge in [0.15, 0.2) is 6.23 Å². The number of carbonyl (C=O) groups excluding carboxylic acids is 1. The number of aromatic nitrogens is 2. The number of halogens is 1.